The molecular formula is C14H13N3O4S. The van der Waals surface area contributed by atoms with Gasteiger partial charge in [-0.3, -0.25) is 25.2 Å². The van der Waals surface area contributed by atoms with Crippen LogP contribution in [0.15, 0.2) is 41.8 Å². The molecule has 7 nitrogen and oxygen atoms in total. The average Bonchev–Trinajstić information content (AvgIpc) is 3.05. The molecule has 0 saturated carbocycles. The summed E-state index contributed by atoms with van der Waals surface area (Å²) in [5, 5.41) is 1.75. The van der Waals surface area contributed by atoms with Crippen molar-refractivity contribution in [2.45, 2.75) is 0 Å². The van der Waals surface area contributed by atoms with Crippen molar-refractivity contribution in [3.63, 3.8) is 0 Å². The number of thiophene rings is 1. The number of carbonyl (C=O) groups is 3. The number of rotatable bonds is 5. The van der Waals surface area contributed by atoms with Crippen LogP contribution in [-0.2, 0) is 4.79 Å². The van der Waals surface area contributed by atoms with E-state index in [2.05, 4.69) is 10.9 Å². The number of nitrogens with one attached hydrogen (secondary N) is 2. The van der Waals surface area contributed by atoms with Crippen LogP contribution >= 0.6 is 11.3 Å². The van der Waals surface area contributed by atoms with E-state index in [1.165, 1.54) is 23.5 Å². The first-order valence-corrected chi connectivity index (χ1v) is 7.10. The first-order valence-electron chi connectivity index (χ1n) is 6.22. The fourth-order valence-corrected chi connectivity index (χ4v) is 2.19. The van der Waals surface area contributed by atoms with Crippen LogP contribution < -0.4 is 21.3 Å². The van der Waals surface area contributed by atoms with Crippen molar-refractivity contribution in [2.75, 3.05) is 6.61 Å². The number of primary amides is 1. The van der Waals surface area contributed by atoms with Crippen molar-refractivity contribution in [1.29, 1.82) is 0 Å². The molecule has 0 atom stereocenters. The molecule has 114 valence electrons. The van der Waals surface area contributed by atoms with Crippen LogP contribution in [0.5, 0.6) is 5.75 Å². The number of para-hydroxylation sites is 1. The molecule has 0 spiro atoms. The van der Waals surface area contributed by atoms with E-state index in [9.17, 15) is 14.4 Å². The maximum atomic E-state index is 11.6. The Kier molecular flexibility index (Phi) is 5.10. The lowest BCUT2D eigenvalue weighted by atomic mass is 10.2. The minimum Gasteiger partial charge on any atom is -0.483 e. The second-order valence-electron chi connectivity index (χ2n) is 4.13. The van der Waals surface area contributed by atoms with Gasteiger partial charge in [-0.1, -0.05) is 18.2 Å². The van der Waals surface area contributed by atoms with Gasteiger partial charge in [0.2, 0.25) is 0 Å². The van der Waals surface area contributed by atoms with Gasteiger partial charge in [0.05, 0.1) is 10.4 Å². The van der Waals surface area contributed by atoms with E-state index >= 15 is 0 Å². The Bertz CT molecular complexity index is 685. The molecule has 0 saturated heterocycles. The van der Waals surface area contributed by atoms with Crippen molar-refractivity contribution < 1.29 is 19.1 Å². The van der Waals surface area contributed by atoms with Crippen molar-refractivity contribution in [3.05, 3.63) is 52.2 Å². The molecule has 0 bridgehead atoms. The summed E-state index contributed by atoms with van der Waals surface area (Å²) in [6.45, 7) is -0.366. The molecule has 1 aromatic carbocycles. The summed E-state index contributed by atoms with van der Waals surface area (Å²) in [5.41, 5.74) is 9.85. The van der Waals surface area contributed by atoms with E-state index in [1.54, 1.807) is 29.6 Å². The number of ether oxygens (including phenoxy) is 1. The normalized spacial score (nSPS) is 9.82. The summed E-state index contributed by atoms with van der Waals surface area (Å²) < 4.78 is 5.22. The van der Waals surface area contributed by atoms with Gasteiger partial charge >= 0.3 is 0 Å². The molecule has 2 rings (SSSR count). The summed E-state index contributed by atoms with van der Waals surface area (Å²) in [6, 6.07) is 9.66. The van der Waals surface area contributed by atoms with E-state index in [-0.39, 0.29) is 17.9 Å². The molecule has 1 heterocycles. The van der Waals surface area contributed by atoms with Crippen molar-refractivity contribution in [3.8, 4) is 5.75 Å². The van der Waals surface area contributed by atoms with Crippen LogP contribution in [-0.4, -0.2) is 24.3 Å². The maximum absolute atomic E-state index is 11.6. The Morgan fingerprint density at radius 2 is 1.86 bits per heavy atom. The van der Waals surface area contributed by atoms with Gasteiger partial charge in [0, 0.05) is 0 Å². The first kappa shape index (κ1) is 15.5. The molecule has 1 aromatic heterocycles. The molecule has 3 amide bonds. The van der Waals surface area contributed by atoms with Crippen molar-refractivity contribution >= 4 is 29.1 Å². The predicted octanol–water partition coefficient (Wildman–Crippen LogP) is 0.687. The highest BCUT2D eigenvalue weighted by molar-refractivity contribution is 7.12. The van der Waals surface area contributed by atoms with Crippen molar-refractivity contribution in [1.82, 2.24) is 10.9 Å². The van der Waals surface area contributed by atoms with E-state index < -0.39 is 17.7 Å². The standard InChI is InChI=1S/C14H13N3O4S/c15-13(19)9-4-1-2-5-10(9)21-8-12(18)16-17-14(20)11-6-3-7-22-11/h1-7H,8H2,(H2,15,19)(H,16,18)(H,17,20). The second-order valence-corrected chi connectivity index (χ2v) is 5.08. The van der Waals surface area contributed by atoms with Gasteiger partial charge < -0.3 is 10.5 Å². The number of amides is 3. The largest absolute Gasteiger partial charge is 0.483 e. The monoisotopic (exact) mass is 319 g/mol. The Labute approximate surface area is 130 Å². The fourth-order valence-electron chi connectivity index (χ4n) is 1.57. The zero-order valence-corrected chi connectivity index (χ0v) is 12.2. The molecule has 0 radical (unpaired) electrons. The molecule has 0 aliphatic heterocycles. The third-order valence-corrected chi connectivity index (χ3v) is 3.44. The van der Waals surface area contributed by atoms with Crippen LogP contribution in [0.2, 0.25) is 0 Å². The lowest BCUT2D eigenvalue weighted by Gasteiger charge is -2.10. The topological polar surface area (TPSA) is 111 Å². The Balaban J connectivity index is 1.83. The summed E-state index contributed by atoms with van der Waals surface area (Å²) in [6.07, 6.45) is 0. The van der Waals surface area contributed by atoms with Crippen LogP contribution in [0, 0.1) is 0 Å². The van der Waals surface area contributed by atoms with Gasteiger partial charge in [0.1, 0.15) is 5.75 Å². The number of nitrogens with two attached hydrogens (primary N) is 1. The zero-order chi connectivity index (χ0) is 15.9. The Morgan fingerprint density at radius 1 is 1.09 bits per heavy atom. The highest BCUT2D eigenvalue weighted by Crippen LogP contribution is 2.16. The third kappa shape index (κ3) is 4.06. The number of hydrogen-bond donors (Lipinski definition) is 3. The maximum Gasteiger partial charge on any atom is 0.279 e. The van der Waals surface area contributed by atoms with Gasteiger partial charge in [-0.25, -0.2) is 0 Å². The lowest BCUT2D eigenvalue weighted by Crippen LogP contribution is -2.43. The number of hydrogen-bond acceptors (Lipinski definition) is 5. The first-order chi connectivity index (χ1) is 10.6. The second kappa shape index (κ2) is 7.23. The Hall–Kier alpha value is -2.87. The average molecular weight is 319 g/mol. The highest BCUT2D eigenvalue weighted by atomic mass is 32.1. The SMILES string of the molecule is NC(=O)c1ccccc1OCC(=O)NNC(=O)c1cccs1. The molecule has 0 aliphatic carbocycles. The minimum atomic E-state index is -0.651. The summed E-state index contributed by atoms with van der Waals surface area (Å²) >= 11 is 1.25. The van der Waals surface area contributed by atoms with Gasteiger partial charge in [-0.2, -0.15) is 0 Å². The molecule has 0 aliphatic rings. The lowest BCUT2D eigenvalue weighted by molar-refractivity contribution is -0.123. The quantitative estimate of drug-likeness (QED) is 0.704. The van der Waals surface area contributed by atoms with Crippen molar-refractivity contribution in [2.24, 2.45) is 5.73 Å². The number of hydrazine groups is 1. The van der Waals surface area contributed by atoms with E-state index in [0.717, 1.165) is 0 Å². The van der Waals surface area contributed by atoms with E-state index in [0.29, 0.717) is 4.88 Å². The molecule has 22 heavy (non-hydrogen) atoms. The van der Waals surface area contributed by atoms with Crippen LogP contribution in [0.1, 0.15) is 20.0 Å². The molecule has 2 aromatic rings. The Morgan fingerprint density at radius 3 is 2.55 bits per heavy atom. The van der Waals surface area contributed by atoms with Gasteiger partial charge in [0.25, 0.3) is 17.7 Å². The summed E-state index contributed by atoms with van der Waals surface area (Å²) in [7, 11) is 0. The van der Waals surface area contributed by atoms with Crippen LogP contribution in [0.4, 0.5) is 0 Å². The van der Waals surface area contributed by atoms with E-state index in [1.807, 2.05) is 0 Å². The highest BCUT2D eigenvalue weighted by Gasteiger charge is 2.11. The third-order valence-electron chi connectivity index (χ3n) is 2.57. The molecule has 4 N–H and O–H groups in total. The van der Waals surface area contributed by atoms with Gasteiger partial charge in [0.15, 0.2) is 6.61 Å². The fraction of sp³-hybridized carbons (Fsp3) is 0.0714. The summed E-state index contributed by atoms with van der Waals surface area (Å²) in [4.78, 5) is 34.9. The van der Waals surface area contributed by atoms with Gasteiger partial charge in [-0.15, -0.1) is 11.3 Å². The predicted molar refractivity (Wildman–Crippen MR) is 80.4 cm³/mol. The molecule has 0 unspecified atom stereocenters. The number of benzene rings is 1. The molecule has 0 fully saturated rings. The smallest absolute Gasteiger partial charge is 0.279 e. The zero-order valence-electron chi connectivity index (χ0n) is 11.4. The van der Waals surface area contributed by atoms with E-state index in [4.69, 9.17) is 10.5 Å². The number of carbonyl (C=O) groups excluding carboxylic acids is 3. The van der Waals surface area contributed by atoms with Crippen LogP contribution in [0.3, 0.4) is 0 Å². The minimum absolute atomic E-state index is 0.179. The van der Waals surface area contributed by atoms with Crippen LogP contribution in [0.25, 0.3) is 0 Å². The molecule has 8 heteroatoms. The van der Waals surface area contributed by atoms with Gasteiger partial charge in [-0.05, 0) is 23.6 Å². The summed E-state index contributed by atoms with van der Waals surface area (Å²) in [5.74, 6) is -1.43. The molecular weight excluding hydrogens is 306 g/mol.